The van der Waals surface area contributed by atoms with Crippen molar-refractivity contribution in [2.24, 2.45) is 5.92 Å². The van der Waals surface area contributed by atoms with Crippen LogP contribution in [0, 0.1) is 5.92 Å². The van der Waals surface area contributed by atoms with Crippen LogP contribution in [0.25, 0.3) is 5.65 Å². The molecule has 4 heterocycles. The number of benzene rings is 1. The van der Waals surface area contributed by atoms with Crippen molar-refractivity contribution in [3.8, 4) is 0 Å². The van der Waals surface area contributed by atoms with Gasteiger partial charge in [-0.25, -0.2) is 14.5 Å². The number of rotatable bonds is 5. The third-order valence-corrected chi connectivity index (χ3v) is 7.27. The number of carbonyl (C=O) groups excluding carboxylic acids is 4. The molecule has 0 saturated heterocycles. The molecule has 13 nitrogen and oxygen atoms in total. The first kappa shape index (κ1) is 29.4. The Bertz CT molecular complexity index is 1600. The number of pyridine rings is 1. The second-order valence-electron chi connectivity index (χ2n) is 10.8. The number of nitrogens with zero attached hydrogens (tertiary/aromatic N) is 4. The van der Waals surface area contributed by atoms with E-state index in [4.69, 9.17) is 4.42 Å². The molecule has 224 valence electrons. The number of aromatic nitrogens is 4. The molecule has 4 N–H and O–H groups in total. The molecule has 4 amide bonds. The van der Waals surface area contributed by atoms with Crippen LogP contribution in [0.5, 0.6) is 0 Å². The molecule has 0 unspecified atom stereocenters. The van der Waals surface area contributed by atoms with E-state index < -0.39 is 41.8 Å². The van der Waals surface area contributed by atoms with Crippen LogP contribution in [0.15, 0.2) is 65.7 Å². The lowest BCUT2D eigenvalue weighted by Crippen LogP contribution is -2.55. The fourth-order valence-electron chi connectivity index (χ4n) is 4.87. The molecule has 4 aromatic rings. The Hall–Kier alpha value is -5.07. The number of carbonyl (C=O) groups is 4. The molecular weight excluding hydrogens is 552 g/mol. The van der Waals surface area contributed by atoms with Crippen LogP contribution in [0.3, 0.4) is 0 Å². The van der Waals surface area contributed by atoms with E-state index in [2.05, 4.69) is 36.3 Å². The molecule has 0 spiro atoms. The lowest BCUT2D eigenvalue weighted by Gasteiger charge is -2.26. The predicted molar refractivity (Wildman–Crippen MR) is 155 cm³/mol. The fourth-order valence-corrected chi connectivity index (χ4v) is 4.87. The molecule has 3 atom stereocenters. The van der Waals surface area contributed by atoms with Crippen LogP contribution in [-0.2, 0) is 16.0 Å². The van der Waals surface area contributed by atoms with Crippen LogP contribution in [0.2, 0.25) is 0 Å². The molecular formula is C30H34N8O5. The molecule has 0 radical (unpaired) electrons. The first-order valence-corrected chi connectivity index (χ1v) is 14.3. The number of hydrogen-bond donors (Lipinski definition) is 4. The van der Waals surface area contributed by atoms with E-state index in [1.54, 1.807) is 18.3 Å². The quantitative estimate of drug-likeness (QED) is 0.275. The maximum atomic E-state index is 13.7. The summed E-state index contributed by atoms with van der Waals surface area (Å²) in [6.45, 7) is 4.12. The summed E-state index contributed by atoms with van der Waals surface area (Å²) in [5.41, 5.74) is 1.76. The number of nitrogens with one attached hydrogen (secondary N) is 4. The van der Waals surface area contributed by atoms with E-state index in [0.717, 1.165) is 5.56 Å². The molecule has 1 aromatic carbocycles. The van der Waals surface area contributed by atoms with Gasteiger partial charge in [0.05, 0.1) is 0 Å². The van der Waals surface area contributed by atoms with Crippen LogP contribution in [0.4, 0.5) is 0 Å². The van der Waals surface area contributed by atoms with Crippen molar-refractivity contribution in [3.05, 3.63) is 84.0 Å². The summed E-state index contributed by atoms with van der Waals surface area (Å²) >= 11 is 0. The lowest BCUT2D eigenvalue weighted by molar-refractivity contribution is -0.130. The minimum absolute atomic E-state index is 0.117. The van der Waals surface area contributed by atoms with E-state index in [-0.39, 0.29) is 30.3 Å². The topological polar surface area (TPSA) is 173 Å². The highest BCUT2D eigenvalue weighted by Crippen LogP contribution is 2.22. The van der Waals surface area contributed by atoms with Crippen molar-refractivity contribution in [1.29, 1.82) is 0 Å². The molecule has 2 bridgehead atoms. The molecule has 13 heteroatoms. The zero-order valence-corrected chi connectivity index (χ0v) is 23.9. The number of amides is 4. The SMILES string of the molecule is CC(C)[C@@H]1NC(=O)[C@H](Cc2ccccc2)NC(=O)[C@@H](NC(=O)c2ccn3ncnc3c2)CCCCNC(=O)c2coc1n2. The van der Waals surface area contributed by atoms with Crippen LogP contribution < -0.4 is 21.3 Å². The highest BCUT2D eigenvalue weighted by Gasteiger charge is 2.31. The average molecular weight is 587 g/mol. The third kappa shape index (κ3) is 7.23. The first-order chi connectivity index (χ1) is 20.8. The monoisotopic (exact) mass is 586 g/mol. The molecule has 5 rings (SSSR count). The molecule has 0 fully saturated rings. The molecule has 0 saturated carbocycles. The van der Waals surface area contributed by atoms with Crippen LogP contribution in [0.1, 0.15) is 71.5 Å². The Morgan fingerprint density at radius 3 is 2.70 bits per heavy atom. The Kier molecular flexibility index (Phi) is 9.08. The number of hydrogen-bond acceptors (Lipinski definition) is 8. The van der Waals surface area contributed by atoms with Crippen molar-refractivity contribution in [3.63, 3.8) is 0 Å². The van der Waals surface area contributed by atoms with Crippen molar-refractivity contribution >= 4 is 29.3 Å². The van der Waals surface area contributed by atoms with Gasteiger partial charge in [-0.2, -0.15) is 5.10 Å². The van der Waals surface area contributed by atoms with Gasteiger partial charge in [0.2, 0.25) is 17.7 Å². The summed E-state index contributed by atoms with van der Waals surface area (Å²) in [6, 6.07) is 9.94. The molecule has 1 aliphatic rings. The summed E-state index contributed by atoms with van der Waals surface area (Å²) in [7, 11) is 0. The van der Waals surface area contributed by atoms with Crippen molar-refractivity contribution in [2.75, 3.05) is 6.54 Å². The highest BCUT2D eigenvalue weighted by molar-refractivity contribution is 5.99. The van der Waals surface area contributed by atoms with Gasteiger partial charge in [0.25, 0.3) is 11.8 Å². The van der Waals surface area contributed by atoms with Gasteiger partial charge < -0.3 is 25.7 Å². The van der Waals surface area contributed by atoms with Gasteiger partial charge in [-0.15, -0.1) is 0 Å². The van der Waals surface area contributed by atoms with Crippen molar-refractivity contribution in [2.45, 2.75) is 57.7 Å². The summed E-state index contributed by atoms with van der Waals surface area (Å²) in [5.74, 6) is -1.75. The Morgan fingerprint density at radius 2 is 1.91 bits per heavy atom. The Morgan fingerprint density at radius 1 is 1.09 bits per heavy atom. The second kappa shape index (κ2) is 13.3. The maximum absolute atomic E-state index is 13.7. The Labute approximate surface area is 247 Å². The summed E-state index contributed by atoms with van der Waals surface area (Å²) in [6.07, 6.45) is 5.82. The van der Waals surface area contributed by atoms with Gasteiger partial charge in [-0.1, -0.05) is 44.2 Å². The molecule has 1 aliphatic heterocycles. The Balaban J connectivity index is 1.42. The maximum Gasteiger partial charge on any atom is 0.273 e. The predicted octanol–water partition coefficient (Wildman–Crippen LogP) is 1.97. The smallest absolute Gasteiger partial charge is 0.273 e. The van der Waals surface area contributed by atoms with Crippen molar-refractivity contribution in [1.82, 2.24) is 40.8 Å². The van der Waals surface area contributed by atoms with Gasteiger partial charge in [0.15, 0.2) is 11.3 Å². The largest absolute Gasteiger partial charge is 0.446 e. The summed E-state index contributed by atoms with van der Waals surface area (Å²) in [4.78, 5) is 61.8. The number of oxazole rings is 1. The molecule has 43 heavy (non-hydrogen) atoms. The minimum atomic E-state index is -0.964. The first-order valence-electron chi connectivity index (χ1n) is 14.3. The highest BCUT2D eigenvalue weighted by atomic mass is 16.3. The van der Waals surface area contributed by atoms with Gasteiger partial charge in [-0.05, 0) is 42.9 Å². The zero-order chi connectivity index (χ0) is 30.3. The standard InChI is InChI=1S/C30H34N8O5/c1-18(2)25-30-36-23(16-43-30)27(40)31-12-7-6-10-21(34-26(39)20-11-13-38-24(15-20)32-17-33-38)28(41)35-22(29(42)37-25)14-19-8-4-3-5-9-19/h3-5,8-9,11,13,15-18,21-22,25H,6-7,10,12,14H2,1-2H3,(H,31,40)(H,34,39)(H,35,41)(H,37,42)/t21-,22-,25-/m0/s1. The van der Waals surface area contributed by atoms with E-state index in [9.17, 15) is 19.2 Å². The zero-order valence-electron chi connectivity index (χ0n) is 23.9. The van der Waals surface area contributed by atoms with Gasteiger partial charge in [0, 0.05) is 24.7 Å². The van der Waals surface area contributed by atoms with Gasteiger partial charge in [-0.3, -0.25) is 19.2 Å². The lowest BCUT2D eigenvalue weighted by atomic mass is 10.0. The summed E-state index contributed by atoms with van der Waals surface area (Å²) in [5, 5.41) is 15.5. The minimum Gasteiger partial charge on any atom is -0.446 e. The van der Waals surface area contributed by atoms with E-state index in [1.165, 1.54) is 17.1 Å². The van der Waals surface area contributed by atoms with Gasteiger partial charge >= 0.3 is 0 Å². The fraction of sp³-hybridized carbons (Fsp3) is 0.367. The molecule has 3 aromatic heterocycles. The molecule has 0 aliphatic carbocycles. The van der Waals surface area contributed by atoms with Crippen LogP contribution >= 0.6 is 0 Å². The van der Waals surface area contributed by atoms with Crippen molar-refractivity contribution < 1.29 is 23.6 Å². The van der Waals surface area contributed by atoms with Crippen LogP contribution in [-0.4, -0.2) is 61.8 Å². The van der Waals surface area contributed by atoms with E-state index >= 15 is 0 Å². The second-order valence-corrected chi connectivity index (χ2v) is 10.8. The number of fused-ring (bicyclic) bond motifs is 3. The normalized spacial score (nSPS) is 20.3. The van der Waals surface area contributed by atoms with Gasteiger partial charge in [0.1, 0.15) is 30.7 Å². The third-order valence-electron chi connectivity index (χ3n) is 7.27. The average Bonchev–Trinajstić information content (AvgIpc) is 3.68. The summed E-state index contributed by atoms with van der Waals surface area (Å²) < 4.78 is 7.13. The van der Waals surface area contributed by atoms with E-state index in [1.807, 2.05) is 44.2 Å². The van der Waals surface area contributed by atoms with E-state index in [0.29, 0.717) is 30.6 Å².